The molecule has 4 heterocycles. The number of anilines is 3. The van der Waals surface area contributed by atoms with E-state index in [1.807, 2.05) is 24.3 Å². The van der Waals surface area contributed by atoms with Crippen molar-refractivity contribution >= 4 is 23.1 Å². The molecule has 3 aromatic heterocycles. The number of oxazole rings is 1. The average Bonchev–Trinajstić information content (AvgIpc) is 3.62. The van der Waals surface area contributed by atoms with Gasteiger partial charge in [-0.1, -0.05) is 6.92 Å². The van der Waals surface area contributed by atoms with Crippen LogP contribution >= 0.6 is 0 Å². The summed E-state index contributed by atoms with van der Waals surface area (Å²) in [5.74, 6) is 1.31. The average molecular weight is 482 g/mol. The van der Waals surface area contributed by atoms with Crippen LogP contribution < -0.4 is 20.3 Å². The Morgan fingerprint density at radius 2 is 1.97 bits per heavy atom. The van der Waals surface area contributed by atoms with Crippen LogP contribution in [0.4, 0.5) is 17.5 Å². The molecule has 1 aliphatic rings. The molecule has 1 aromatic carbocycles. The van der Waals surface area contributed by atoms with Gasteiger partial charge in [0.05, 0.1) is 15.5 Å². The van der Waals surface area contributed by atoms with Gasteiger partial charge in [-0.05, 0) is 30.7 Å². The molecule has 1 aliphatic heterocycles. The van der Waals surface area contributed by atoms with Crippen LogP contribution in [0.2, 0.25) is 0 Å². The van der Waals surface area contributed by atoms with E-state index in [-0.39, 0.29) is 23.5 Å². The second kappa shape index (κ2) is 10.2. The topological polar surface area (TPSA) is 114 Å². The SMILES string of the molecule is [2H]C([2H])(N1CCN(c2ccc(OCCC)cc2)CC1)C([2H])([2H])N(C)c1cc2nc(-c3ncco3)nn2c(N)n1. The Kier molecular flexibility index (Phi) is 5.37. The zero-order valence-corrected chi connectivity index (χ0v) is 19.8. The second-order valence-corrected chi connectivity index (χ2v) is 8.11. The molecule has 0 aliphatic carbocycles. The number of likely N-dealkylation sites (N-methyl/N-ethyl adjacent to an activating group) is 1. The van der Waals surface area contributed by atoms with Gasteiger partial charge in [-0.25, -0.2) is 9.97 Å². The number of aromatic nitrogens is 5. The first-order valence-electron chi connectivity index (χ1n) is 13.5. The van der Waals surface area contributed by atoms with E-state index in [1.54, 1.807) is 0 Å². The minimum absolute atomic E-state index is 0.0317. The van der Waals surface area contributed by atoms with E-state index in [2.05, 4.69) is 31.9 Å². The number of fused-ring (bicyclic) bond motifs is 1. The number of rotatable bonds is 9. The van der Waals surface area contributed by atoms with Gasteiger partial charge in [0.15, 0.2) is 5.65 Å². The molecule has 0 radical (unpaired) electrons. The van der Waals surface area contributed by atoms with Crippen molar-refractivity contribution in [3.63, 3.8) is 0 Å². The predicted molar refractivity (Wildman–Crippen MR) is 135 cm³/mol. The Morgan fingerprint density at radius 1 is 1.17 bits per heavy atom. The Bertz CT molecular complexity index is 1410. The van der Waals surface area contributed by atoms with Crippen molar-refractivity contribution in [1.29, 1.82) is 0 Å². The van der Waals surface area contributed by atoms with Crippen molar-refractivity contribution in [1.82, 2.24) is 29.5 Å². The van der Waals surface area contributed by atoms with Crippen LogP contribution in [-0.4, -0.2) is 82.3 Å². The predicted octanol–water partition coefficient (Wildman–Crippen LogP) is 2.41. The van der Waals surface area contributed by atoms with Crippen molar-refractivity contribution in [2.24, 2.45) is 0 Å². The van der Waals surface area contributed by atoms with Crippen LogP contribution in [0.5, 0.6) is 5.75 Å². The van der Waals surface area contributed by atoms with Gasteiger partial charge in [0, 0.05) is 60.7 Å². The lowest BCUT2D eigenvalue weighted by Crippen LogP contribution is -2.48. The highest BCUT2D eigenvalue weighted by atomic mass is 16.5. The normalized spacial score (nSPS) is 17.0. The number of hydrogen-bond acceptors (Lipinski definition) is 10. The molecule has 0 bridgehead atoms. The largest absolute Gasteiger partial charge is 0.494 e. The maximum absolute atomic E-state index is 8.81. The maximum Gasteiger partial charge on any atom is 0.266 e. The third kappa shape index (κ3) is 5.14. The summed E-state index contributed by atoms with van der Waals surface area (Å²) >= 11 is 0. The Balaban J connectivity index is 1.30. The molecule has 2 N–H and O–H groups in total. The summed E-state index contributed by atoms with van der Waals surface area (Å²) in [6.07, 6.45) is 3.81. The highest BCUT2D eigenvalue weighted by molar-refractivity contribution is 5.58. The first-order chi connectivity index (χ1) is 18.6. The lowest BCUT2D eigenvalue weighted by Gasteiger charge is -2.36. The number of benzene rings is 1. The minimum Gasteiger partial charge on any atom is -0.494 e. The maximum atomic E-state index is 8.81. The molecule has 5 rings (SSSR count). The van der Waals surface area contributed by atoms with Crippen molar-refractivity contribution in [3.05, 3.63) is 42.8 Å². The lowest BCUT2D eigenvalue weighted by atomic mass is 10.2. The third-order valence-corrected chi connectivity index (χ3v) is 5.63. The van der Waals surface area contributed by atoms with Crippen LogP contribution in [0.1, 0.15) is 18.8 Å². The summed E-state index contributed by atoms with van der Waals surface area (Å²) < 4.78 is 47.4. The summed E-state index contributed by atoms with van der Waals surface area (Å²) in [6, 6.07) is 9.35. The van der Waals surface area contributed by atoms with Gasteiger partial charge in [0.2, 0.25) is 11.8 Å². The van der Waals surface area contributed by atoms with Gasteiger partial charge in [-0.15, -0.1) is 5.10 Å². The fraction of sp³-hybridized carbons (Fsp3) is 0.417. The van der Waals surface area contributed by atoms with Gasteiger partial charge >= 0.3 is 0 Å². The molecule has 0 spiro atoms. The van der Waals surface area contributed by atoms with Crippen LogP contribution in [0.25, 0.3) is 17.4 Å². The number of nitrogen functional groups attached to an aromatic ring is 1. The molecular weight excluding hydrogens is 446 g/mol. The van der Waals surface area contributed by atoms with Gasteiger partial charge < -0.3 is 24.7 Å². The Labute approximate surface area is 209 Å². The highest BCUT2D eigenvalue weighted by Crippen LogP contribution is 2.22. The Hall–Kier alpha value is -3.86. The molecule has 0 amide bonds. The van der Waals surface area contributed by atoms with Crippen molar-refractivity contribution in [2.75, 3.05) is 68.4 Å². The van der Waals surface area contributed by atoms with Gasteiger partial charge in [0.25, 0.3) is 5.89 Å². The molecule has 35 heavy (non-hydrogen) atoms. The summed E-state index contributed by atoms with van der Waals surface area (Å²) in [5, 5.41) is 4.25. The van der Waals surface area contributed by atoms with E-state index >= 15 is 0 Å². The van der Waals surface area contributed by atoms with E-state index in [9.17, 15) is 0 Å². The first-order valence-corrected chi connectivity index (χ1v) is 11.5. The smallest absolute Gasteiger partial charge is 0.266 e. The summed E-state index contributed by atoms with van der Waals surface area (Å²) in [7, 11) is 1.44. The second-order valence-electron chi connectivity index (χ2n) is 8.11. The van der Waals surface area contributed by atoms with E-state index < -0.39 is 13.0 Å². The number of ether oxygens (including phenoxy) is 1. The monoisotopic (exact) mass is 481 g/mol. The molecule has 4 aromatic rings. The van der Waals surface area contributed by atoms with E-state index in [0.29, 0.717) is 38.4 Å². The molecule has 0 saturated carbocycles. The van der Waals surface area contributed by atoms with Gasteiger partial charge in [0.1, 0.15) is 17.8 Å². The fourth-order valence-electron chi connectivity index (χ4n) is 3.75. The molecule has 1 fully saturated rings. The van der Waals surface area contributed by atoms with Crippen molar-refractivity contribution in [3.8, 4) is 17.5 Å². The number of nitrogens with zero attached hydrogens (tertiary/aromatic N) is 8. The van der Waals surface area contributed by atoms with Gasteiger partial charge in [-0.3, -0.25) is 4.90 Å². The molecule has 11 nitrogen and oxygen atoms in total. The third-order valence-electron chi connectivity index (χ3n) is 5.63. The molecule has 1 saturated heterocycles. The quantitative estimate of drug-likeness (QED) is 0.382. The first kappa shape index (κ1) is 18.5. The highest BCUT2D eigenvalue weighted by Gasteiger charge is 2.19. The van der Waals surface area contributed by atoms with Crippen LogP contribution in [0.3, 0.4) is 0 Å². The molecule has 0 atom stereocenters. The van der Waals surface area contributed by atoms with E-state index in [0.717, 1.165) is 22.8 Å². The molecule has 11 heteroatoms. The van der Waals surface area contributed by atoms with Crippen LogP contribution in [0.15, 0.2) is 47.2 Å². The van der Waals surface area contributed by atoms with Gasteiger partial charge in [-0.2, -0.15) is 9.50 Å². The zero-order valence-electron chi connectivity index (χ0n) is 23.8. The number of nitrogens with two attached hydrogens (primary N) is 1. The van der Waals surface area contributed by atoms with E-state index in [4.69, 9.17) is 20.4 Å². The standard InChI is InChI=1S/C24H31N9O2/c1-3-15-34-19-6-4-18(5-7-19)32-13-11-31(12-14-32)10-9-30(2)20-17-21-27-22(23-26-8-16-35-23)29-33(21)24(25)28-20/h4-8,16-17H,3,9-15H2,1-2H3,(H2,25,28)/i9D2,10D2. The molecule has 0 unspecified atom stereocenters. The molecular formula is C24H31N9O2. The van der Waals surface area contributed by atoms with Crippen molar-refractivity contribution < 1.29 is 14.6 Å². The number of hydrogen-bond donors (Lipinski definition) is 1. The number of piperazine rings is 1. The van der Waals surface area contributed by atoms with Crippen LogP contribution in [-0.2, 0) is 0 Å². The zero-order chi connectivity index (χ0) is 27.8. The fourth-order valence-corrected chi connectivity index (χ4v) is 3.75. The Morgan fingerprint density at radius 3 is 2.69 bits per heavy atom. The summed E-state index contributed by atoms with van der Waals surface area (Å²) in [5.41, 5.74) is 7.41. The molecule has 184 valence electrons. The minimum atomic E-state index is -2.46. The van der Waals surface area contributed by atoms with E-state index in [1.165, 1.54) is 35.0 Å². The van der Waals surface area contributed by atoms with Crippen molar-refractivity contribution in [2.45, 2.75) is 13.3 Å². The summed E-state index contributed by atoms with van der Waals surface area (Å²) in [6.45, 7) is -0.294. The van der Waals surface area contributed by atoms with Crippen LogP contribution in [0, 0.1) is 0 Å². The summed E-state index contributed by atoms with van der Waals surface area (Å²) in [4.78, 5) is 17.5. The lowest BCUT2D eigenvalue weighted by molar-refractivity contribution is 0.263.